The van der Waals surface area contributed by atoms with Gasteiger partial charge >= 0.3 is 0 Å². The minimum Gasteiger partial charge on any atom is -0.508 e. The highest BCUT2D eigenvalue weighted by Gasteiger charge is 2.29. The molecular weight excluding hydrogens is 250 g/mol. The van der Waals surface area contributed by atoms with Gasteiger partial charge in [-0.15, -0.1) is 0 Å². The first-order valence-corrected chi connectivity index (χ1v) is 7.38. The topological polar surface area (TPSA) is 41.3 Å². The molecule has 0 fully saturated rings. The van der Waals surface area contributed by atoms with E-state index < -0.39 is 0 Å². The molecule has 1 atom stereocenters. The second-order valence-electron chi connectivity index (χ2n) is 5.76. The second-order valence-corrected chi connectivity index (χ2v) is 5.76. The van der Waals surface area contributed by atoms with Crippen molar-refractivity contribution in [1.82, 2.24) is 14.5 Å². The Morgan fingerprint density at radius 1 is 1.25 bits per heavy atom. The SMILES string of the molecule is Oc1cccc2c1CCCC2N1CCn2ccnc2C1. The molecule has 2 aliphatic rings. The fourth-order valence-electron chi connectivity index (χ4n) is 3.64. The van der Waals surface area contributed by atoms with Crippen molar-refractivity contribution in [3.05, 3.63) is 47.5 Å². The van der Waals surface area contributed by atoms with E-state index in [1.165, 1.54) is 12.0 Å². The maximum absolute atomic E-state index is 10.1. The van der Waals surface area contributed by atoms with Gasteiger partial charge in [0.15, 0.2) is 0 Å². The van der Waals surface area contributed by atoms with Gasteiger partial charge in [-0.1, -0.05) is 12.1 Å². The Hall–Kier alpha value is -1.81. The molecule has 104 valence electrons. The molecule has 0 amide bonds. The standard InChI is InChI=1S/C16H19N3O/c20-15-6-2-3-12-13(15)4-1-5-14(12)19-10-9-18-8-7-17-16(18)11-19/h2-3,6-8,14,20H,1,4-5,9-11H2. The normalized spacial score (nSPS) is 22.3. The Morgan fingerprint density at radius 3 is 3.15 bits per heavy atom. The molecule has 0 saturated heterocycles. The van der Waals surface area contributed by atoms with E-state index in [1.807, 2.05) is 18.3 Å². The van der Waals surface area contributed by atoms with Gasteiger partial charge in [0.05, 0.1) is 6.54 Å². The zero-order valence-corrected chi connectivity index (χ0v) is 11.5. The average Bonchev–Trinajstić information content (AvgIpc) is 2.94. The summed E-state index contributed by atoms with van der Waals surface area (Å²) in [6, 6.07) is 6.39. The third-order valence-corrected chi connectivity index (χ3v) is 4.67. The van der Waals surface area contributed by atoms with Crippen molar-refractivity contribution in [3.8, 4) is 5.75 Å². The maximum atomic E-state index is 10.1. The summed E-state index contributed by atoms with van der Waals surface area (Å²) in [5, 5.41) is 10.1. The van der Waals surface area contributed by atoms with E-state index in [1.54, 1.807) is 0 Å². The van der Waals surface area contributed by atoms with E-state index in [0.29, 0.717) is 11.8 Å². The third-order valence-electron chi connectivity index (χ3n) is 4.67. The van der Waals surface area contributed by atoms with Crippen molar-refractivity contribution < 1.29 is 5.11 Å². The molecule has 0 bridgehead atoms. The fraction of sp³-hybridized carbons (Fsp3) is 0.438. The van der Waals surface area contributed by atoms with Gasteiger partial charge in [-0.3, -0.25) is 4.90 Å². The molecule has 1 aromatic heterocycles. The van der Waals surface area contributed by atoms with Gasteiger partial charge < -0.3 is 9.67 Å². The lowest BCUT2D eigenvalue weighted by Crippen LogP contribution is -2.38. The molecule has 0 saturated carbocycles. The fourth-order valence-corrected chi connectivity index (χ4v) is 3.64. The number of imidazole rings is 1. The van der Waals surface area contributed by atoms with Crippen LogP contribution in [0.3, 0.4) is 0 Å². The molecule has 1 aromatic carbocycles. The van der Waals surface area contributed by atoms with Crippen molar-refractivity contribution >= 4 is 0 Å². The Morgan fingerprint density at radius 2 is 2.20 bits per heavy atom. The lowest BCUT2D eigenvalue weighted by Gasteiger charge is -2.38. The Labute approximate surface area is 118 Å². The Bertz CT molecular complexity index is 634. The summed E-state index contributed by atoms with van der Waals surface area (Å²) in [5.74, 6) is 1.62. The number of fused-ring (bicyclic) bond motifs is 2. The predicted octanol–water partition coefficient (Wildman–Crippen LogP) is 2.48. The second kappa shape index (κ2) is 4.63. The van der Waals surface area contributed by atoms with E-state index in [-0.39, 0.29) is 0 Å². The lowest BCUT2D eigenvalue weighted by atomic mass is 9.86. The number of aromatic hydroxyl groups is 1. The van der Waals surface area contributed by atoms with Crippen molar-refractivity contribution in [1.29, 1.82) is 0 Å². The first-order chi connectivity index (χ1) is 9.83. The van der Waals surface area contributed by atoms with Crippen LogP contribution in [-0.2, 0) is 19.5 Å². The van der Waals surface area contributed by atoms with Crippen molar-refractivity contribution in [2.24, 2.45) is 0 Å². The number of hydrogen-bond donors (Lipinski definition) is 1. The van der Waals surface area contributed by atoms with E-state index in [9.17, 15) is 5.11 Å². The van der Waals surface area contributed by atoms with Crippen LogP contribution >= 0.6 is 0 Å². The van der Waals surface area contributed by atoms with Crippen molar-refractivity contribution in [2.45, 2.75) is 38.4 Å². The molecule has 2 aromatic rings. The van der Waals surface area contributed by atoms with Crippen LogP contribution in [0.1, 0.15) is 35.8 Å². The summed E-state index contributed by atoms with van der Waals surface area (Å²) < 4.78 is 2.24. The summed E-state index contributed by atoms with van der Waals surface area (Å²) >= 11 is 0. The van der Waals surface area contributed by atoms with E-state index in [4.69, 9.17) is 0 Å². The third kappa shape index (κ3) is 1.83. The van der Waals surface area contributed by atoms with Gasteiger partial charge in [-0.05, 0) is 36.5 Å². The predicted molar refractivity (Wildman–Crippen MR) is 76.4 cm³/mol. The zero-order valence-electron chi connectivity index (χ0n) is 11.5. The molecule has 1 unspecified atom stereocenters. The monoisotopic (exact) mass is 269 g/mol. The number of phenolic OH excluding ortho intramolecular Hbond substituents is 1. The minimum absolute atomic E-state index is 0.427. The quantitative estimate of drug-likeness (QED) is 0.864. The molecule has 2 heterocycles. The van der Waals surface area contributed by atoms with Gasteiger partial charge in [0.1, 0.15) is 11.6 Å². The number of benzene rings is 1. The smallest absolute Gasteiger partial charge is 0.122 e. The minimum atomic E-state index is 0.427. The van der Waals surface area contributed by atoms with Gasteiger partial charge in [0, 0.05) is 31.5 Å². The Balaban J connectivity index is 1.67. The Kier molecular flexibility index (Phi) is 2.77. The number of aromatic nitrogens is 2. The van der Waals surface area contributed by atoms with Gasteiger partial charge in [-0.2, -0.15) is 0 Å². The summed E-state index contributed by atoms with van der Waals surface area (Å²) in [6.45, 7) is 2.98. The molecule has 1 aliphatic heterocycles. The van der Waals surface area contributed by atoms with Crippen molar-refractivity contribution in [3.63, 3.8) is 0 Å². The summed E-state index contributed by atoms with van der Waals surface area (Å²) in [5.41, 5.74) is 2.47. The number of rotatable bonds is 1. The highest BCUT2D eigenvalue weighted by molar-refractivity contribution is 5.42. The van der Waals surface area contributed by atoms with Crippen LogP contribution in [0.25, 0.3) is 0 Å². The van der Waals surface area contributed by atoms with E-state index in [0.717, 1.165) is 43.9 Å². The van der Waals surface area contributed by atoms with Crippen LogP contribution in [0.15, 0.2) is 30.6 Å². The first-order valence-electron chi connectivity index (χ1n) is 7.38. The lowest BCUT2D eigenvalue weighted by molar-refractivity contribution is 0.137. The van der Waals surface area contributed by atoms with Gasteiger partial charge in [0.25, 0.3) is 0 Å². The highest BCUT2D eigenvalue weighted by atomic mass is 16.3. The van der Waals surface area contributed by atoms with Gasteiger partial charge in [-0.25, -0.2) is 4.98 Å². The summed E-state index contributed by atoms with van der Waals surface area (Å²) in [7, 11) is 0. The summed E-state index contributed by atoms with van der Waals surface area (Å²) in [6.07, 6.45) is 7.28. The van der Waals surface area contributed by atoms with Crippen LogP contribution in [0.2, 0.25) is 0 Å². The van der Waals surface area contributed by atoms with E-state index >= 15 is 0 Å². The highest BCUT2D eigenvalue weighted by Crippen LogP contribution is 2.39. The van der Waals surface area contributed by atoms with Crippen LogP contribution in [0.4, 0.5) is 0 Å². The van der Waals surface area contributed by atoms with Gasteiger partial charge in [0.2, 0.25) is 0 Å². The average molecular weight is 269 g/mol. The molecule has 20 heavy (non-hydrogen) atoms. The first kappa shape index (κ1) is 12.0. The molecule has 0 spiro atoms. The van der Waals surface area contributed by atoms with Crippen LogP contribution in [0, 0.1) is 0 Å². The molecule has 4 rings (SSSR count). The number of hydrogen-bond acceptors (Lipinski definition) is 3. The van der Waals surface area contributed by atoms with Crippen LogP contribution in [0.5, 0.6) is 5.75 Å². The number of nitrogens with zero attached hydrogens (tertiary/aromatic N) is 3. The maximum Gasteiger partial charge on any atom is 0.122 e. The molecular formula is C16H19N3O. The van der Waals surface area contributed by atoms with Crippen LogP contribution < -0.4 is 0 Å². The molecule has 4 heteroatoms. The molecule has 0 radical (unpaired) electrons. The van der Waals surface area contributed by atoms with Crippen molar-refractivity contribution in [2.75, 3.05) is 6.54 Å². The molecule has 4 nitrogen and oxygen atoms in total. The molecule has 1 aliphatic carbocycles. The van der Waals surface area contributed by atoms with E-state index in [2.05, 4.69) is 26.7 Å². The molecule has 1 N–H and O–H groups in total. The summed E-state index contributed by atoms with van der Waals surface area (Å²) in [4.78, 5) is 6.96. The largest absolute Gasteiger partial charge is 0.508 e. The van der Waals surface area contributed by atoms with Crippen LogP contribution in [-0.4, -0.2) is 26.1 Å². The number of phenols is 1. The zero-order chi connectivity index (χ0) is 13.5.